The van der Waals surface area contributed by atoms with Crippen molar-refractivity contribution in [2.24, 2.45) is 5.10 Å². The highest BCUT2D eigenvalue weighted by atomic mass is 79.9. The molecule has 0 aliphatic rings. The molecule has 0 saturated carbocycles. The number of rotatable bonds is 8. The van der Waals surface area contributed by atoms with Crippen LogP contribution in [0.1, 0.15) is 5.56 Å². The number of ether oxygens (including phenoxy) is 2. The summed E-state index contributed by atoms with van der Waals surface area (Å²) >= 11 is 9.34. The predicted octanol–water partition coefficient (Wildman–Crippen LogP) is 4.20. The molecule has 0 bridgehead atoms. The number of halogens is 2. The van der Waals surface area contributed by atoms with Crippen LogP contribution in [0.15, 0.2) is 64.7 Å². The highest BCUT2D eigenvalue weighted by Gasteiger charge is 2.05. The molecule has 2 rings (SSSR count). The van der Waals surface area contributed by atoms with E-state index in [0.717, 1.165) is 4.47 Å². The number of carbonyl (C=O) groups excluding carboxylic acids is 1. The smallest absolute Gasteiger partial charge is 0.277 e. The Morgan fingerprint density at radius 3 is 2.80 bits per heavy atom. The van der Waals surface area contributed by atoms with Gasteiger partial charge in [0, 0.05) is 10.0 Å². The first-order chi connectivity index (χ1) is 12.1. The summed E-state index contributed by atoms with van der Waals surface area (Å²) in [6.07, 6.45) is 3.15. The zero-order chi connectivity index (χ0) is 18.1. The number of para-hydroxylation sites is 1. The van der Waals surface area contributed by atoms with Crippen LogP contribution in [0.5, 0.6) is 11.5 Å². The maximum atomic E-state index is 11.8. The van der Waals surface area contributed by atoms with Gasteiger partial charge in [-0.2, -0.15) is 5.10 Å². The average Bonchev–Trinajstić information content (AvgIpc) is 2.60. The van der Waals surface area contributed by atoms with Gasteiger partial charge in [-0.15, -0.1) is 0 Å². The van der Waals surface area contributed by atoms with Gasteiger partial charge in [0.1, 0.15) is 18.1 Å². The Morgan fingerprint density at radius 1 is 1.24 bits per heavy atom. The van der Waals surface area contributed by atoms with Gasteiger partial charge in [0.05, 0.1) is 11.2 Å². The lowest BCUT2D eigenvalue weighted by Crippen LogP contribution is -2.24. The topological polar surface area (TPSA) is 59.9 Å². The van der Waals surface area contributed by atoms with Crippen LogP contribution in [0, 0.1) is 0 Å². The molecule has 1 amide bonds. The molecule has 1 N–H and O–H groups in total. The molecule has 0 radical (unpaired) electrons. The number of hydrogen-bond donors (Lipinski definition) is 1. The Balaban J connectivity index is 1.91. The SMILES string of the molecule is C=CCOc1ccc(Br)cc1C=NNC(=O)COc1ccccc1Cl. The van der Waals surface area contributed by atoms with E-state index >= 15 is 0 Å². The van der Waals surface area contributed by atoms with Crippen LogP contribution < -0.4 is 14.9 Å². The van der Waals surface area contributed by atoms with E-state index in [1.165, 1.54) is 6.21 Å². The average molecular weight is 424 g/mol. The number of carbonyl (C=O) groups is 1. The van der Waals surface area contributed by atoms with Crippen molar-refractivity contribution in [3.8, 4) is 11.5 Å². The van der Waals surface area contributed by atoms with Crippen LogP contribution in [0.3, 0.4) is 0 Å². The molecule has 0 spiro atoms. The number of nitrogens with zero attached hydrogens (tertiary/aromatic N) is 1. The minimum atomic E-state index is -0.403. The van der Waals surface area contributed by atoms with E-state index < -0.39 is 5.91 Å². The fourth-order valence-electron chi connectivity index (χ4n) is 1.81. The summed E-state index contributed by atoms with van der Waals surface area (Å²) in [6.45, 7) is 3.79. The molecule has 5 nitrogen and oxygen atoms in total. The first kappa shape index (κ1) is 19.0. The Kier molecular flexibility index (Phi) is 7.50. The molecule has 7 heteroatoms. The first-order valence-electron chi connectivity index (χ1n) is 7.32. The van der Waals surface area contributed by atoms with Crippen LogP contribution in [-0.4, -0.2) is 25.3 Å². The van der Waals surface area contributed by atoms with Crippen LogP contribution >= 0.6 is 27.5 Å². The van der Waals surface area contributed by atoms with Gasteiger partial charge >= 0.3 is 0 Å². The van der Waals surface area contributed by atoms with E-state index in [1.807, 2.05) is 12.1 Å². The molecule has 0 aliphatic carbocycles. The molecular weight excluding hydrogens is 408 g/mol. The van der Waals surface area contributed by atoms with Crippen molar-refractivity contribution >= 4 is 39.7 Å². The van der Waals surface area contributed by atoms with Crippen LogP contribution in [-0.2, 0) is 4.79 Å². The number of hydrogen-bond acceptors (Lipinski definition) is 4. The summed E-state index contributed by atoms with van der Waals surface area (Å²) in [5.41, 5.74) is 3.11. The minimum Gasteiger partial charge on any atom is -0.489 e. The van der Waals surface area contributed by atoms with Crippen molar-refractivity contribution in [1.82, 2.24) is 5.43 Å². The summed E-state index contributed by atoms with van der Waals surface area (Å²) in [5, 5.41) is 4.36. The zero-order valence-corrected chi connectivity index (χ0v) is 15.6. The fraction of sp³-hybridized carbons (Fsp3) is 0.111. The summed E-state index contributed by atoms with van der Waals surface area (Å²) in [6, 6.07) is 12.4. The van der Waals surface area contributed by atoms with Gasteiger partial charge < -0.3 is 9.47 Å². The third-order valence-corrected chi connectivity index (χ3v) is 3.72. The summed E-state index contributed by atoms with van der Waals surface area (Å²) in [4.78, 5) is 11.8. The van der Waals surface area contributed by atoms with Gasteiger partial charge in [-0.05, 0) is 30.3 Å². The van der Waals surface area contributed by atoms with Crippen molar-refractivity contribution in [1.29, 1.82) is 0 Å². The van der Waals surface area contributed by atoms with E-state index in [0.29, 0.717) is 28.7 Å². The molecule has 0 heterocycles. The van der Waals surface area contributed by atoms with E-state index in [-0.39, 0.29) is 6.61 Å². The number of benzene rings is 2. The highest BCUT2D eigenvalue weighted by Crippen LogP contribution is 2.23. The van der Waals surface area contributed by atoms with Crippen molar-refractivity contribution in [3.05, 3.63) is 70.2 Å². The monoisotopic (exact) mass is 422 g/mol. The van der Waals surface area contributed by atoms with Crippen LogP contribution in [0.2, 0.25) is 5.02 Å². The van der Waals surface area contributed by atoms with Gasteiger partial charge in [-0.25, -0.2) is 5.43 Å². The van der Waals surface area contributed by atoms with E-state index in [2.05, 4.69) is 33.0 Å². The third-order valence-electron chi connectivity index (χ3n) is 2.92. The number of amides is 1. The summed E-state index contributed by atoms with van der Waals surface area (Å²) < 4.78 is 11.7. The highest BCUT2D eigenvalue weighted by molar-refractivity contribution is 9.10. The van der Waals surface area contributed by atoms with Crippen molar-refractivity contribution in [3.63, 3.8) is 0 Å². The maximum absolute atomic E-state index is 11.8. The maximum Gasteiger partial charge on any atom is 0.277 e. The summed E-state index contributed by atoms with van der Waals surface area (Å²) in [7, 11) is 0. The molecule has 130 valence electrons. The quantitative estimate of drug-likeness (QED) is 0.393. The third kappa shape index (κ3) is 6.25. The lowest BCUT2D eigenvalue weighted by atomic mass is 10.2. The fourth-order valence-corrected chi connectivity index (χ4v) is 2.38. The molecule has 0 fully saturated rings. The van der Waals surface area contributed by atoms with Gasteiger partial charge in [0.2, 0.25) is 0 Å². The minimum absolute atomic E-state index is 0.195. The Labute approximate surface area is 159 Å². The first-order valence-corrected chi connectivity index (χ1v) is 8.49. The second-order valence-electron chi connectivity index (χ2n) is 4.79. The molecule has 2 aromatic carbocycles. The molecule has 25 heavy (non-hydrogen) atoms. The zero-order valence-electron chi connectivity index (χ0n) is 13.2. The van der Waals surface area contributed by atoms with Gasteiger partial charge in [0.15, 0.2) is 6.61 Å². The van der Waals surface area contributed by atoms with Crippen LogP contribution in [0.25, 0.3) is 0 Å². The molecule has 0 atom stereocenters. The Hall–Kier alpha value is -2.31. The van der Waals surface area contributed by atoms with E-state index in [4.69, 9.17) is 21.1 Å². The number of hydrazone groups is 1. The largest absolute Gasteiger partial charge is 0.489 e. The second-order valence-corrected chi connectivity index (χ2v) is 6.12. The van der Waals surface area contributed by atoms with E-state index in [9.17, 15) is 4.79 Å². The normalized spacial score (nSPS) is 10.5. The van der Waals surface area contributed by atoms with Gasteiger partial charge in [-0.3, -0.25) is 4.79 Å². The molecule has 0 unspecified atom stereocenters. The molecular formula is C18H16BrClN2O3. The molecule has 2 aromatic rings. The number of nitrogens with one attached hydrogen (secondary N) is 1. The molecule has 0 saturated heterocycles. The molecule has 0 aliphatic heterocycles. The summed E-state index contributed by atoms with van der Waals surface area (Å²) in [5.74, 6) is 0.670. The molecule has 0 aromatic heterocycles. The van der Waals surface area contributed by atoms with Gasteiger partial charge in [-0.1, -0.05) is 52.3 Å². The Morgan fingerprint density at radius 2 is 2.04 bits per heavy atom. The van der Waals surface area contributed by atoms with Crippen molar-refractivity contribution < 1.29 is 14.3 Å². The standard InChI is InChI=1S/C18H16BrClN2O3/c1-2-9-24-16-8-7-14(19)10-13(16)11-21-22-18(23)12-25-17-6-4-3-5-15(17)20/h2-8,10-11H,1,9,12H2,(H,22,23). The lowest BCUT2D eigenvalue weighted by Gasteiger charge is -2.08. The lowest BCUT2D eigenvalue weighted by molar-refractivity contribution is -0.123. The van der Waals surface area contributed by atoms with Gasteiger partial charge in [0.25, 0.3) is 5.91 Å². The van der Waals surface area contributed by atoms with Crippen molar-refractivity contribution in [2.75, 3.05) is 13.2 Å². The van der Waals surface area contributed by atoms with E-state index in [1.54, 1.807) is 36.4 Å². The van der Waals surface area contributed by atoms with Crippen molar-refractivity contribution in [2.45, 2.75) is 0 Å². The van der Waals surface area contributed by atoms with Crippen LogP contribution in [0.4, 0.5) is 0 Å². The Bertz CT molecular complexity index is 781. The second kappa shape index (κ2) is 9.86. The predicted molar refractivity (Wildman–Crippen MR) is 103 cm³/mol.